The second-order valence-corrected chi connectivity index (χ2v) is 19.1. The van der Waals surface area contributed by atoms with Crippen LogP contribution in [0.2, 0.25) is 0 Å². The normalized spacial score (nSPS) is 20.3. The van der Waals surface area contributed by atoms with Crippen LogP contribution < -0.4 is 11.4 Å². The fourth-order valence-corrected chi connectivity index (χ4v) is 8.53. The second kappa shape index (κ2) is 30.9. The number of hydrogen-bond acceptors (Lipinski definition) is 16. The molecule has 1 saturated heterocycles. The Morgan fingerprint density at radius 1 is 0.841 bits per heavy atom. The molecule has 19 nitrogen and oxygen atoms in total. The third-order valence-electron chi connectivity index (χ3n) is 9.94. The Morgan fingerprint density at radius 3 is 2.13 bits per heavy atom. The van der Waals surface area contributed by atoms with Crippen LogP contribution in [-0.4, -0.2) is 91.5 Å². The van der Waals surface area contributed by atoms with Gasteiger partial charge < -0.3 is 39.9 Å². The lowest BCUT2D eigenvalue weighted by molar-refractivity contribution is -0.161. The number of allylic oxidation sites excluding steroid dienone is 4. The molecular formula is C42H71N3O16P2. The number of nitrogen functional groups attached to an aromatic ring is 1. The molecule has 0 aromatic carbocycles. The topological polar surface area (TPSA) is 283 Å². The van der Waals surface area contributed by atoms with Crippen molar-refractivity contribution < 1.29 is 71.1 Å². The smallest absolute Gasteiger partial charge is 0.462 e. The van der Waals surface area contributed by atoms with Crippen LogP contribution >= 0.6 is 15.6 Å². The molecule has 0 bridgehead atoms. The first-order chi connectivity index (χ1) is 29.9. The zero-order valence-corrected chi connectivity index (χ0v) is 38.8. The average molecular weight is 936 g/mol. The van der Waals surface area contributed by atoms with Gasteiger partial charge in [0, 0.05) is 25.5 Å². The van der Waals surface area contributed by atoms with Crippen molar-refractivity contribution in [3.8, 4) is 0 Å². The first-order valence-corrected chi connectivity index (χ1v) is 25.2. The zero-order chi connectivity index (χ0) is 46.7. The number of carbonyl (C=O) groups is 3. The molecule has 1 aromatic heterocycles. The summed E-state index contributed by atoms with van der Waals surface area (Å²) in [5.74, 6) is -0.585. The predicted molar refractivity (Wildman–Crippen MR) is 234 cm³/mol. The number of nitrogens with zero attached hydrogens (tertiary/aromatic N) is 2. The number of ketones is 1. The first-order valence-electron chi connectivity index (χ1n) is 22.2. The van der Waals surface area contributed by atoms with Crippen molar-refractivity contribution >= 4 is 39.2 Å². The van der Waals surface area contributed by atoms with Crippen molar-refractivity contribution in [3.05, 3.63) is 47.1 Å². The van der Waals surface area contributed by atoms with E-state index in [9.17, 15) is 48.3 Å². The lowest BCUT2D eigenvalue weighted by atomic mass is 10.0. The summed E-state index contributed by atoms with van der Waals surface area (Å²) in [5, 5.41) is 20.8. The summed E-state index contributed by atoms with van der Waals surface area (Å²) in [7, 11) is -10.9. The molecule has 63 heavy (non-hydrogen) atoms. The van der Waals surface area contributed by atoms with Gasteiger partial charge in [0.05, 0.1) is 13.2 Å². The number of unbranched alkanes of at least 4 members (excludes halogenated alkanes) is 12. The Balaban J connectivity index is 1.84. The summed E-state index contributed by atoms with van der Waals surface area (Å²) in [5.41, 5.74) is 4.56. The molecule has 0 radical (unpaired) electrons. The van der Waals surface area contributed by atoms with Crippen LogP contribution in [0.1, 0.15) is 149 Å². The Kier molecular flexibility index (Phi) is 27.5. The molecule has 0 spiro atoms. The van der Waals surface area contributed by atoms with Gasteiger partial charge in [-0.15, -0.1) is 0 Å². The van der Waals surface area contributed by atoms with Crippen molar-refractivity contribution in [3.63, 3.8) is 0 Å². The number of carbonyl (C=O) groups excluding carboxylic acids is 3. The molecule has 0 aliphatic carbocycles. The van der Waals surface area contributed by atoms with Gasteiger partial charge in [-0.1, -0.05) is 110 Å². The van der Waals surface area contributed by atoms with E-state index in [1.54, 1.807) is 12.2 Å². The van der Waals surface area contributed by atoms with E-state index in [4.69, 9.17) is 29.0 Å². The third kappa shape index (κ3) is 25.3. The molecule has 2 rings (SSSR count). The molecule has 1 aliphatic rings. The molecule has 1 fully saturated rings. The van der Waals surface area contributed by atoms with Gasteiger partial charge in [0.25, 0.3) is 0 Å². The molecular weight excluding hydrogens is 864 g/mol. The summed E-state index contributed by atoms with van der Waals surface area (Å²) in [6, 6.07) is 1.24. The molecule has 1 aromatic rings. The number of ether oxygens (including phenoxy) is 3. The van der Waals surface area contributed by atoms with E-state index in [1.807, 2.05) is 12.2 Å². The van der Waals surface area contributed by atoms with Crippen LogP contribution in [0, 0.1) is 5.92 Å². The van der Waals surface area contributed by atoms with E-state index in [-0.39, 0.29) is 24.4 Å². The highest BCUT2D eigenvalue weighted by Crippen LogP contribution is 2.60. The van der Waals surface area contributed by atoms with Gasteiger partial charge >= 0.3 is 33.3 Å². The van der Waals surface area contributed by atoms with Gasteiger partial charge in [-0.05, 0) is 50.2 Å². The summed E-state index contributed by atoms with van der Waals surface area (Å²) in [4.78, 5) is 73.3. The SMILES string of the molecule is CCCCCC(=O)/C=C/C=C\CCCCCCCC(=O)OC[C@H](COP(=O)(O)OP(=O)(O)OC[C@H]1O[C@@H](n2ccc(N)nc2=O)[C@H](O)[C@@H]1O)OC(=O)CCCCCCCCC(C)C. The summed E-state index contributed by atoms with van der Waals surface area (Å²) < 4.78 is 56.4. The highest BCUT2D eigenvalue weighted by atomic mass is 31.3. The van der Waals surface area contributed by atoms with Crippen molar-refractivity contribution in [1.82, 2.24) is 9.55 Å². The molecule has 21 heteroatoms. The molecule has 0 saturated carbocycles. The number of anilines is 1. The number of aliphatic hydroxyl groups excluding tert-OH is 2. The Morgan fingerprint density at radius 2 is 1.46 bits per heavy atom. The number of hydrogen-bond donors (Lipinski definition) is 5. The summed E-state index contributed by atoms with van der Waals surface area (Å²) in [6.07, 6.45) is 16.0. The van der Waals surface area contributed by atoms with Crippen LogP contribution in [0.25, 0.3) is 0 Å². The van der Waals surface area contributed by atoms with Gasteiger partial charge in [0.15, 0.2) is 18.1 Å². The maximum absolute atomic E-state index is 12.8. The van der Waals surface area contributed by atoms with Crippen LogP contribution in [0.4, 0.5) is 5.82 Å². The minimum Gasteiger partial charge on any atom is -0.462 e. The van der Waals surface area contributed by atoms with E-state index in [0.29, 0.717) is 25.2 Å². The van der Waals surface area contributed by atoms with Crippen LogP contribution in [0.3, 0.4) is 0 Å². The van der Waals surface area contributed by atoms with Crippen molar-refractivity contribution in [2.75, 3.05) is 25.6 Å². The highest BCUT2D eigenvalue weighted by molar-refractivity contribution is 7.61. The Hall–Kier alpha value is -3.09. The minimum atomic E-state index is -5.43. The van der Waals surface area contributed by atoms with Gasteiger partial charge in [0.2, 0.25) is 0 Å². The standard InChI is InChI=1S/C42H71N3O16P2/c1-4-5-17-23-33(46)24-19-14-9-7-6-8-10-15-20-25-37(47)56-29-34(59-38(48)26-21-16-12-11-13-18-22-32(2)3)30-57-62(52,53)61-63(54,55)58-31-35-39(49)40(50)41(60-35)45-28-27-36(43)44-42(45)51/h9,14,19,24,27-28,32,34-35,39-41,49-50H,4-8,10-13,15-18,20-23,25-26,29-31H2,1-3H3,(H,52,53)(H,54,55)(H2,43,44,51)/b14-9-,24-19+/t34-,35-,39-,40-,41-/m1/s1. The number of aliphatic hydroxyl groups is 2. The Bertz CT molecular complexity index is 1720. The highest BCUT2D eigenvalue weighted by Gasteiger charge is 2.46. The summed E-state index contributed by atoms with van der Waals surface area (Å²) >= 11 is 0. The van der Waals surface area contributed by atoms with Crippen molar-refractivity contribution in [1.29, 1.82) is 0 Å². The fraction of sp³-hybridized carbons (Fsp3) is 0.738. The molecule has 6 N–H and O–H groups in total. The van der Waals surface area contributed by atoms with Gasteiger partial charge in [-0.3, -0.25) is 28.0 Å². The lowest BCUT2D eigenvalue weighted by Crippen LogP contribution is -2.36. The zero-order valence-electron chi connectivity index (χ0n) is 37.0. The van der Waals surface area contributed by atoms with Crippen LogP contribution in [0.15, 0.2) is 41.4 Å². The number of phosphoric ester groups is 2. The predicted octanol–water partition coefficient (Wildman–Crippen LogP) is 6.92. The molecule has 1 aliphatic heterocycles. The lowest BCUT2D eigenvalue weighted by Gasteiger charge is -2.21. The second-order valence-electron chi connectivity index (χ2n) is 16.1. The Labute approximate surface area is 371 Å². The monoisotopic (exact) mass is 935 g/mol. The average Bonchev–Trinajstić information content (AvgIpc) is 3.49. The van der Waals surface area contributed by atoms with E-state index < -0.39 is 83.7 Å². The number of esters is 2. The van der Waals surface area contributed by atoms with E-state index in [1.165, 1.54) is 6.07 Å². The first kappa shape index (κ1) is 56.0. The number of phosphoric acid groups is 2. The van der Waals surface area contributed by atoms with Gasteiger partial charge in [-0.2, -0.15) is 9.29 Å². The quantitative estimate of drug-likeness (QED) is 0.0152. The van der Waals surface area contributed by atoms with E-state index in [2.05, 4.69) is 30.1 Å². The third-order valence-corrected chi connectivity index (χ3v) is 12.5. The molecule has 2 unspecified atom stereocenters. The molecule has 2 heterocycles. The number of rotatable bonds is 35. The van der Waals surface area contributed by atoms with Crippen molar-refractivity contribution in [2.45, 2.75) is 173 Å². The number of nitrogens with two attached hydrogens (primary N) is 1. The van der Waals surface area contributed by atoms with E-state index >= 15 is 0 Å². The van der Waals surface area contributed by atoms with Gasteiger partial charge in [0.1, 0.15) is 30.7 Å². The molecule has 0 amide bonds. The van der Waals surface area contributed by atoms with E-state index in [0.717, 1.165) is 101 Å². The van der Waals surface area contributed by atoms with Gasteiger partial charge in [-0.25, -0.2) is 13.9 Å². The van der Waals surface area contributed by atoms with Crippen molar-refractivity contribution in [2.24, 2.45) is 5.92 Å². The maximum atomic E-state index is 12.8. The van der Waals surface area contributed by atoms with Crippen LogP contribution in [-0.2, 0) is 51.1 Å². The molecule has 360 valence electrons. The largest absolute Gasteiger partial charge is 0.481 e. The minimum absolute atomic E-state index is 0.0306. The molecule has 7 atom stereocenters. The summed E-state index contributed by atoms with van der Waals surface area (Å²) in [6.45, 7) is 4.10. The van der Waals surface area contributed by atoms with Crippen LogP contribution in [0.5, 0.6) is 0 Å². The fourth-order valence-electron chi connectivity index (χ4n) is 6.42. The number of aromatic nitrogens is 2. The maximum Gasteiger partial charge on any atom is 0.481 e.